The molecule has 2 unspecified atom stereocenters. The zero-order valence-corrected chi connectivity index (χ0v) is 14.4. The minimum absolute atomic E-state index is 0.380. The highest BCUT2D eigenvalue weighted by Crippen LogP contribution is 2.19. The Morgan fingerprint density at radius 3 is 2.24 bits per heavy atom. The first kappa shape index (κ1) is 18.0. The first-order chi connectivity index (χ1) is 10.1. The van der Waals surface area contributed by atoms with Gasteiger partial charge < -0.3 is 15.0 Å². The molecule has 21 heavy (non-hydrogen) atoms. The number of nitrogens with one attached hydrogen (secondary N) is 1. The van der Waals surface area contributed by atoms with Crippen LogP contribution < -0.4 is 10.1 Å². The molecule has 0 radical (unpaired) electrons. The molecule has 0 saturated heterocycles. The smallest absolute Gasteiger partial charge is 0.118 e. The van der Waals surface area contributed by atoms with Crippen molar-refractivity contribution in [1.82, 2.24) is 10.2 Å². The van der Waals surface area contributed by atoms with Crippen LogP contribution in [0, 0.1) is 5.92 Å². The molecule has 0 aromatic heterocycles. The number of benzene rings is 1. The van der Waals surface area contributed by atoms with E-state index < -0.39 is 0 Å². The van der Waals surface area contributed by atoms with Gasteiger partial charge in [-0.3, -0.25) is 0 Å². The summed E-state index contributed by atoms with van der Waals surface area (Å²) in [5.41, 5.74) is 1.33. The number of ether oxygens (including phenoxy) is 1. The Kier molecular flexibility index (Phi) is 8.40. The molecule has 3 nitrogen and oxygen atoms in total. The van der Waals surface area contributed by atoms with Crippen LogP contribution in [0.5, 0.6) is 5.75 Å². The van der Waals surface area contributed by atoms with Crippen LogP contribution in [-0.4, -0.2) is 38.2 Å². The number of nitrogens with zero attached hydrogens (tertiary/aromatic N) is 1. The van der Waals surface area contributed by atoms with Crippen molar-refractivity contribution in [2.75, 3.05) is 33.3 Å². The zero-order chi connectivity index (χ0) is 15.7. The van der Waals surface area contributed by atoms with Gasteiger partial charge in [-0.25, -0.2) is 0 Å². The van der Waals surface area contributed by atoms with Gasteiger partial charge in [0.05, 0.1) is 7.11 Å². The van der Waals surface area contributed by atoms with E-state index in [1.54, 1.807) is 7.11 Å². The van der Waals surface area contributed by atoms with Gasteiger partial charge in [-0.1, -0.05) is 46.2 Å². The van der Waals surface area contributed by atoms with Gasteiger partial charge in [0.1, 0.15) is 5.75 Å². The second-order valence-corrected chi connectivity index (χ2v) is 5.75. The Labute approximate surface area is 130 Å². The van der Waals surface area contributed by atoms with Crippen molar-refractivity contribution in [3.63, 3.8) is 0 Å². The van der Waals surface area contributed by atoms with E-state index in [9.17, 15) is 0 Å². The highest BCUT2D eigenvalue weighted by molar-refractivity contribution is 5.29. The van der Waals surface area contributed by atoms with Gasteiger partial charge in [0, 0.05) is 19.1 Å². The summed E-state index contributed by atoms with van der Waals surface area (Å²) in [7, 11) is 1.71. The van der Waals surface area contributed by atoms with Gasteiger partial charge in [0.25, 0.3) is 0 Å². The third-order valence-electron chi connectivity index (χ3n) is 4.12. The van der Waals surface area contributed by atoms with Crippen LogP contribution in [0.3, 0.4) is 0 Å². The molecule has 0 fully saturated rings. The number of rotatable bonds is 10. The molecule has 0 heterocycles. The SMILES string of the molecule is CCNC(CN(CC)CC(C)CC)c1ccc(OC)cc1. The molecular weight excluding hydrogens is 260 g/mol. The fourth-order valence-corrected chi connectivity index (χ4v) is 2.53. The Bertz CT molecular complexity index is 377. The van der Waals surface area contributed by atoms with E-state index in [-0.39, 0.29) is 0 Å². The molecule has 0 saturated carbocycles. The standard InChI is InChI=1S/C18H32N2O/c1-6-15(4)13-20(8-3)14-18(19-7-2)16-9-11-17(21-5)12-10-16/h9-12,15,18-19H,6-8,13-14H2,1-5H3. The summed E-state index contributed by atoms with van der Waals surface area (Å²) in [5, 5.41) is 3.61. The molecule has 0 aliphatic rings. The van der Waals surface area contributed by atoms with Gasteiger partial charge in [0.15, 0.2) is 0 Å². The van der Waals surface area contributed by atoms with E-state index in [1.807, 2.05) is 12.1 Å². The third-order valence-corrected chi connectivity index (χ3v) is 4.12. The van der Waals surface area contributed by atoms with Gasteiger partial charge in [-0.2, -0.15) is 0 Å². The summed E-state index contributed by atoms with van der Waals surface area (Å²) in [5.74, 6) is 1.67. The van der Waals surface area contributed by atoms with Crippen LogP contribution in [0.2, 0.25) is 0 Å². The van der Waals surface area contributed by atoms with Crippen molar-refractivity contribution in [2.24, 2.45) is 5.92 Å². The first-order valence-corrected chi connectivity index (χ1v) is 8.24. The molecule has 1 aromatic rings. The molecule has 0 aliphatic heterocycles. The fraction of sp³-hybridized carbons (Fsp3) is 0.667. The maximum atomic E-state index is 5.25. The van der Waals surface area contributed by atoms with Crippen molar-refractivity contribution in [1.29, 1.82) is 0 Å². The Morgan fingerprint density at radius 1 is 1.10 bits per heavy atom. The van der Waals surface area contributed by atoms with Gasteiger partial charge >= 0.3 is 0 Å². The van der Waals surface area contributed by atoms with Crippen LogP contribution in [0.1, 0.15) is 45.7 Å². The summed E-state index contributed by atoms with van der Waals surface area (Å²) in [6.45, 7) is 13.3. The number of hydrogen-bond donors (Lipinski definition) is 1. The molecular formula is C18H32N2O. The average molecular weight is 292 g/mol. The summed E-state index contributed by atoms with van der Waals surface area (Å²) in [6.07, 6.45) is 1.24. The lowest BCUT2D eigenvalue weighted by Gasteiger charge is -2.29. The van der Waals surface area contributed by atoms with Crippen LogP contribution in [0.25, 0.3) is 0 Å². The van der Waals surface area contributed by atoms with E-state index in [4.69, 9.17) is 4.74 Å². The monoisotopic (exact) mass is 292 g/mol. The second kappa shape index (κ2) is 9.80. The molecule has 0 amide bonds. The summed E-state index contributed by atoms with van der Waals surface area (Å²) >= 11 is 0. The van der Waals surface area contributed by atoms with E-state index in [0.717, 1.165) is 31.3 Å². The average Bonchev–Trinajstić information content (AvgIpc) is 2.53. The van der Waals surface area contributed by atoms with E-state index in [2.05, 4.69) is 50.0 Å². The van der Waals surface area contributed by atoms with E-state index in [1.165, 1.54) is 18.5 Å². The topological polar surface area (TPSA) is 24.5 Å². The lowest BCUT2D eigenvalue weighted by Crippen LogP contribution is -2.37. The van der Waals surface area contributed by atoms with Crippen molar-refractivity contribution < 1.29 is 4.74 Å². The molecule has 0 bridgehead atoms. The third kappa shape index (κ3) is 6.06. The van der Waals surface area contributed by atoms with Gasteiger partial charge in [0.2, 0.25) is 0 Å². The van der Waals surface area contributed by atoms with Crippen molar-refractivity contribution in [3.05, 3.63) is 29.8 Å². The maximum absolute atomic E-state index is 5.25. The molecule has 1 rings (SSSR count). The van der Waals surface area contributed by atoms with Crippen LogP contribution in [-0.2, 0) is 0 Å². The van der Waals surface area contributed by atoms with Crippen molar-refractivity contribution >= 4 is 0 Å². The van der Waals surface area contributed by atoms with E-state index in [0.29, 0.717) is 6.04 Å². The first-order valence-electron chi connectivity index (χ1n) is 8.24. The van der Waals surface area contributed by atoms with Gasteiger partial charge in [-0.15, -0.1) is 0 Å². The highest BCUT2D eigenvalue weighted by atomic mass is 16.5. The molecule has 2 atom stereocenters. The van der Waals surface area contributed by atoms with Crippen molar-refractivity contribution in [2.45, 2.75) is 40.2 Å². The maximum Gasteiger partial charge on any atom is 0.118 e. The van der Waals surface area contributed by atoms with E-state index >= 15 is 0 Å². The Hall–Kier alpha value is -1.06. The minimum atomic E-state index is 0.380. The molecule has 1 N–H and O–H groups in total. The highest BCUT2D eigenvalue weighted by Gasteiger charge is 2.16. The number of hydrogen-bond acceptors (Lipinski definition) is 3. The van der Waals surface area contributed by atoms with Crippen LogP contribution >= 0.6 is 0 Å². The lowest BCUT2D eigenvalue weighted by atomic mass is 10.0. The Balaban J connectivity index is 2.74. The van der Waals surface area contributed by atoms with Crippen LogP contribution in [0.15, 0.2) is 24.3 Å². The van der Waals surface area contributed by atoms with Gasteiger partial charge in [-0.05, 0) is 36.7 Å². The molecule has 0 aliphatic carbocycles. The van der Waals surface area contributed by atoms with Crippen molar-refractivity contribution in [3.8, 4) is 5.75 Å². The van der Waals surface area contributed by atoms with Crippen LogP contribution in [0.4, 0.5) is 0 Å². The molecule has 120 valence electrons. The molecule has 3 heteroatoms. The zero-order valence-electron chi connectivity index (χ0n) is 14.4. The molecule has 0 spiro atoms. The summed E-state index contributed by atoms with van der Waals surface area (Å²) < 4.78 is 5.25. The minimum Gasteiger partial charge on any atom is -0.497 e. The lowest BCUT2D eigenvalue weighted by molar-refractivity contribution is 0.221. The second-order valence-electron chi connectivity index (χ2n) is 5.75. The summed E-state index contributed by atoms with van der Waals surface area (Å²) in [6, 6.07) is 8.81. The predicted molar refractivity (Wildman–Crippen MR) is 91.0 cm³/mol. The molecule has 1 aromatic carbocycles. The fourth-order valence-electron chi connectivity index (χ4n) is 2.53. The predicted octanol–water partition coefficient (Wildman–Crippen LogP) is 3.71. The number of methoxy groups -OCH3 is 1. The Morgan fingerprint density at radius 2 is 1.76 bits per heavy atom. The number of likely N-dealkylation sites (N-methyl/N-ethyl adjacent to an activating group) is 2. The summed E-state index contributed by atoms with van der Waals surface area (Å²) in [4.78, 5) is 2.55. The largest absolute Gasteiger partial charge is 0.497 e. The normalized spacial score (nSPS) is 14.2. The quantitative estimate of drug-likeness (QED) is 0.711.